The Morgan fingerprint density at radius 3 is 2.50 bits per heavy atom. The minimum Gasteiger partial charge on any atom is -0.504 e. The first kappa shape index (κ1) is 11.8. The van der Waals surface area contributed by atoms with Crippen LogP contribution in [0.2, 0.25) is 0 Å². The van der Waals surface area contributed by atoms with Crippen LogP contribution in [-0.4, -0.2) is 5.11 Å². The SMILES string of the molecule is Cc1ccc(Oc2ccc(N=[N+]=[N-])cc2)c(O)c1. The number of nitrogens with zero attached hydrogens (tertiary/aromatic N) is 3. The predicted octanol–water partition coefficient (Wildman–Crippen LogP) is 4.43. The zero-order valence-electron chi connectivity index (χ0n) is 9.74. The molecule has 0 bridgehead atoms. The van der Waals surface area contributed by atoms with Crippen molar-refractivity contribution in [3.05, 3.63) is 58.5 Å². The topological polar surface area (TPSA) is 78.2 Å². The van der Waals surface area contributed by atoms with Crippen molar-refractivity contribution in [1.29, 1.82) is 0 Å². The predicted molar refractivity (Wildman–Crippen MR) is 68.2 cm³/mol. The van der Waals surface area contributed by atoms with Crippen molar-refractivity contribution in [3.63, 3.8) is 0 Å². The van der Waals surface area contributed by atoms with Gasteiger partial charge in [-0.05, 0) is 54.4 Å². The van der Waals surface area contributed by atoms with E-state index in [1.807, 2.05) is 13.0 Å². The molecule has 0 aliphatic carbocycles. The molecule has 0 aromatic heterocycles. The molecule has 5 nitrogen and oxygen atoms in total. The van der Waals surface area contributed by atoms with Gasteiger partial charge in [-0.1, -0.05) is 11.2 Å². The molecule has 0 fully saturated rings. The molecule has 0 aliphatic rings. The summed E-state index contributed by atoms with van der Waals surface area (Å²) >= 11 is 0. The fourth-order valence-corrected chi connectivity index (χ4v) is 1.47. The number of hydrogen-bond donors (Lipinski definition) is 1. The molecule has 0 amide bonds. The average Bonchev–Trinajstić information content (AvgIpc) is 2.35. The van der Waals surface area contributed by atoms with Crippen LogP contribution in [0, 0.1) is 6.92 Å². The third kappa shape index (κ3) is 2.72. The number of aromatic hydroxyl groups is 1. The molecule has 0 atom stereocenters. The first-order valence-electron chi connectivity index (χ1n) is 5.31. The van der Waals surface area contributed by atoms with Crippen LogP contribution in [0.3, 0.4) is 0 Å². The Balaban J connectivity index is 2.20. The maximum atomic E-state index is 9.70. The van der Waals surface area contributed by atoms with Crippen LogP contribution in [-0.2, 0) is 0 Å². The van der Waals surface area contributed by atoms with Crippen molar-refractivity contribution < 1.29 is 9.84 Å². The molecule has 0 aliphatic heterocycles. The summed E-state index contributed by atoms with van der Waals surface area (Å²) in [6, 6.07) is 11.8. The number of benzene rings is 2. The highest BCUT2D eigenvalue weighted by Crippen LogP contribution is 2.31. The summed E-state index contributed by atoms with van der Waals surface area (Å²) in [6.07, 6.45) is 0. The van der Waals surface area contributed by atoms with Crippen LogP contribution in [0.5, 0.6) is 17.2 Å². The van der Waals surface area contributed by atoms with Gasteiger partial charge in [0.2, 0.25) is 0 Å². The Hall–Kier alpha value is -2.65. The van der Waals surface area contributed by atoms with Gasteiger partial charge in [0.15, 0.2) is 11.5 Å². The number of hydrogen-bond acceptors (Lipinski definition) is 3. The minimum absolute atomic E-state index is 0.0918. The van der Waals surface area contributed by atoms with Crippen molar-refractivity contribution in [2.45, 2.75) is 6.92 Å². The quantitative estimate of drug-likeness (QED) is 0.490. The molecule has 5 heteroatoms. The Labute approximate surface area is 104 Å². The molecule has 0 saturated carbocycles. The molecule has 2 rings (SSSR count). The van der Waals surface area contributed by atoms with E-state index in [0.29, 0.717) is 17.2 Å². The first-order chi connectivity index (χ1) is 8.69. The minimum atomic E-state index is 0.0918. The van der Waals surface area contributed by atoms with Crippen LogP contribution in [0.1, 0.15) is 5.56 Å². The summed E-state index contributed by atoms with van der Waals surface area (Å²) in [7, 11) is 0. The van der Waals surface area contributed by atoms with Crippen molar-refractivity contribution >= 4 is 5.69 Å². The third-order valence-electron chi connectivity index (χ3n) is 2.34. The van der Waals surface area contributed by atoms with E-state index in [1.165, 1.54) is 0 Å². The Bertz CT molecular complexity index is 602. The van der Waals surface area contributed by atoms with Crippen molar-refractivity contribution in [1.82, 2.24) is 0 Å². The highest BCUT2D eigenvalue weighted by molar-refractivity contribution is 5.46. The molecule has 2 aromatic rings. The largest absolute Gasteiger partial charge is 0.504 e. The smallest absolute Gasteiger partial charge is 0.169 e. The van der Waals surface area contributed by atoms with Gasteiger partial charge in [-0.2, -0.15) is 0 Å². The van der Waals surface area contributed by atoms with Crippen LogP contribution in [0.25, 0.3) is 10.4 Å². The Morgan fingerprint density at radius 1 is 1.17 bits per heavy atom. The van der Waals surface area contributed by atoms with Gasteiger partial charge in [-0.25, -0.2) is 0 Å². The lowest BCUT2D eigenvalue weighted by molar-refractivity contribution is 0.411. The molecule has 0 radical (unpaired) electrons. The molecule has 0 spiro atoms. The Morgan fingerprint density at radius 2 is 1.89 bits per heavy atom. The molecule has 18 heavy (non-hydrogen) atoms. The number of phenolic OH excluding ortho intramolecular Hbond substituents is 1. The van der Waals surface area contributed by atoms with Crippen LogP contribution >= 0.6 is 0 Å². The van der Waals surface area contributed by atoms with Gasteiger partial charge in [-0.15, -0.1) is 0 Å². The second kappa shape index (κ2) is 5.12. The van der Waals surface area contributed by atoms with E-state index in [2.05, 4.69) is 10.0 Å². The zero-order valence-corrected chi connectivity index (χ0v) is 9.74. The van der Waals surface area contributed by atoms with E-state index in [4.69, 9.17) is 10.3 Å². The zero-order chi connectivity index (χ0) is 13.0. The molecular formula is C13H11N3O2. The first-order valence-corrected chi connectivity index (χ1v) is 5.31. The molecule has 90 valence electrons. The lowest BCUT2D eigenvalue weighted by Crippen LogP contribution is -1.85. The van der Waals surface area contributed by atoms with Gasteiger partial charge >= 0.3 is 0 Å². The van der Waals surface area contributed by atoms with E-state index in [9.17, 15) is 5.11 Å². The normalized spacial score (nSPS) is 9.61. The summed E-state index contributed by atoms with van der Waals surface area (Å²) < 4.78 is 5.51. The lowest BCUT2D eigenvalue weighted by Gasteiger charge is -2.08. The number of ether oxygens (including phenoxy) is 1. The molecule has 0 heterocycles. The lowest BCUT2D eigenvalue weighted by atomic mass is 10.2. The van der Waals surface area contributed by atoms with Gasteiger partial charge in [0.05, 0.1) is 0 Å². The number of phenols is 1. The monoisotopic (exact) mass is 241 g/mol. The molecule has 0 unspecified atom stereocenters. The van der Waals surface area contributed by atoms with Crippen LogP contribution in [0.15, 0.2) is 47.6 Å². The number of azide groups is 1. The van der Waals surface area contributed by atoms with Gasteiger partial charge in [0.1, 0.15) is 5.75 Å². The highest BCUT2D eigenvalue weighted by Gasteiger charge is 2.03. The van der Waals surface area contributed by atoms with Gasteiger partial charge in [0, 0.05) is 10.6 Å². The van der Waals surface area contributed by atoms with Gasteiger partial charge in [-0.3, -0.25) is 0 Å². The van der Waals surface area contributed by atoms with Crippen LogP contribution < -0.4 is 4.74 Å². The standard InChI is InChI=1S/C13H11N3O2/c1-9-2-7-13(12(17)8-9)18-11-5-3-10(4-6-11)15-16-14/h2-8,17H,1H3. The summed E-state index contributed by atoms with van der Waals surface area (Å²) in [4.78, 5) is 2.69. The maximum Gasteiger partial charge on any atom is 0.169 e. The second-order valence-electron chi connectivity index (χ2n) is 3.76. The van der Waals surface area contributed by atoms with Crippen LogP contribution in [0.4, 0.5) is 5.69 Å². The summed E-state index contributed by atoms with van der Waals surface area (Å²) in [5, 5.41) is 13.2. The molecular weight excluding hydrogens is 230 g/mol. The average molecular weight is 241 g/mol. The number of aryl methyl sites for hydroxylation is 1. The van der Waals surface area contributed by atoms with Gasteiger partial charge in [0.25, 0.3) is 0 Å². The van der Waals surface area contributed by atoms with E-state index in [1.54, 1.807) is 36.4 Å². The summed E-state index contributed by atoms with van der Waals surface area (Å²) in [5.41, 5.74) is 9.75. The molecule has 0 saturated heterocycles. The van der Waals surface area contributed by atoms with Crippen molar-refractivity contribution in [3.8, 4) is 17.2 Å². The molecule has 2 aromatic carbocycles. The summed E-state index contributed by atoms with van der Waals surface area (Å²) in [6.45, 7) is 1.89. The van der Waals surface area contributed by atoms with Gasteiger partial charge < -0.3 is 9.84 Å². The van der Waals surface area contributed by atoms with E-state index in [-0.39, 0.29) is 5.75 Å². The fraction of sp³-hybridized carbons (Fsp3) is 0.0769. The summed E-state index contributed by atoms with van der Waals surface area (Å²) in [5.74, 6) is 1.04. The Kier molecular flexibility index (Phi) is 3.36. The van der Waals surface area contributed by atoms with E-state index in [0.717, 1.165) is 5.56 Å². The maximum absolute atomic E-state index is 9.70. The van der Waals surface area contributed by atoms with Crippen molar-refractivity contribution in [2.24, 2.45) is 5.11 Å². The second-order valence-corrected chi connectivity index (χ2v) is 3.76. The fourth-order valence-electron chi connectivity index (χ4n) is 1.47. The molecule has 1 N–H and O–H groups in total. The van der Waals surface area contributed by atoms with Crippen molar-refractivity contribution in [2.75, 3.05) is 0 Å². The van der Waals surface area contributed by atoms with E-state index >= 15 is 0 Å². The third-order valence-corrected chi connectivity index (χ3v) is 2.34. The van der Waals surface area contributed by atoms with E-state index < -0.39 is 0 Å². The highest BCUT2D eigenvalue weighted by atomic mass is 16.5. The number of rotatable bonds is 3.